The van der Waals surface area contributed by atoms with Crippen LogP contribution in [0.5, 0.6) is 0 Å². The molecule has 2 N–H and O–H groups in total. The van der Waals surface area contributed by atoms with Gasteiger partial charge in [0.1, 0.15) is 0 Å². The molecule has 8 heteroatoms. The summed E-state index contributed by atoms with van der Waals surface area (Å²) in [6, 6.07) is 12.5. The first-order valence-electron chi connectivity index (χ1n) is 10.7. The molecule has 0 aromatic heterocycles. The van der Waals surface area contributed by atoms with Crippen LogP contribution in [0.4, 0.5) is 5.69 Å². The van der Waals surface area contributed by atoms with Crippen LogP contribution < -0.4 is 10.6 Å². The van der Waals surface area contributed by atoms with Crippen LogP contribution in [-0.2, 0) is 16.1 Å². The van der Waals surface area contributed by atoms with Crippen molar-refractivity contribution in [3.8, 4) is 0 Å². The molecule has 1 amide bonds. The average Bonchev–Trinajstić information content (AvgIpc) is 2.91. The number of anilines is 1. The smallest absolute Gasteiger partial charge is 0.245 e. The number of carbonyl (C=O) groups excluding carboxylic acids is 2. The number of hydrogen-bond acceptors (Lipinski definition) is 5. The third-order valence-electron chi connectivity index (χ3n) is 5.95. The first-order valence-corrected chi connectivity index (χ1v) is 12.1. The highest BCUT2D eigenvalue weighted by molar-refractivity contribution is 7.99. The topological polar surface area (TPSA) is 72.6 Å². The number of hydrogen-bond donors (Lipinski definition) is 1. The standard InChI is InChI=1S/C24H27ClN2O3S.ClH/c25-19-5-1-17(2-6-19)14-27-21-13-18(4-8-23(21)31-15-20(26)24(27)29)22(28)7-3-16-9-11-30-12-10-16;/h1-2,4-6,8,13,16,20H,3,7,9-12,14-15,26H2;1H/t20-;/m0./s1. The van der Waals surface area contributed by atoms with E-state index in [2.05, 4.69) is 0 Å². The van der Waals surface area contributed by atoms with Crippen molar-refractivity contribution in [3.63, 3.8) is 0 Å². The Hall–Kier alpha value is -1.57. The molecule has 0 radical (unpaired) electrons. The molecule has 1 fully saturated rings. The highest BCUT2D eigenvalue weighted by Crippen LogP contribution is 2.36. The Balaban J connectivity index is 0.00000289. The maximum absolute atomic E-state index is 13.1. The van der Waals surface area contributed by atoms with Crippen LogP contribution in [0.25, 0.3) is 0 Å². The van der Waals surface area contributed by atoms with Crippen LogP contribution in [0.3, 0.4) is 0 Å². The van der Waals surface area contributed by atoms with Crippen molar-refractivity contribution in [2.24, 2.45) is 11.7 Å². The molecule has 2 aromatic rings. The maximum atomic E-state index is 13.1. The molecule has 0 aliphatic carbocycles. The molecule has 1 atom stereocenters. The predicted octanol–water partition coefficient (Wildman–Crippen LogP) is 5.12. The van der Waals surface area contributed by atoms with Crippen molar-refractivity contribution in [2.75, 3.05) is 23.9 Å². The minimum Gasteiger partial charge on any atom is -0.381 e. The van der Waals surface area contributed by atoms with Gasteiger partial charge in [0.05, 0.1) is 18.3 Å². The van der Waals surface area contributed by atoms with Gasteiger partial charge in [0.2, 0.25) is 5.91 Å². The van der Waals surface area contributed by atoms with E-state index in [1.807, 2.05) is 42.5 Å². The quantitative estimate of drug-likeness (QED) is 0.564. The lowest BCUT2D eigenvalue weighted by Gasteiger charge is -2.25. The van der Waals surface area contributed by atoms with Gasteiger partial charge in [0, 0.05) is 40.9 Å². The number of fused-ring (bicyclic) bond motifs is 1. The molecule has 5 nitrogen and oxygen atoms in total. The summed E-state index contributed by atoms with van der Waals surface area (Å²) >= 11 is 7.57. The lowest BCUT2D eigenvalue weighted by atomic mass is 9.92. The van der Waals surface area contributed by atoms with Gasteiger partial charge in [-0.25, -0.2) is 0 Å². The first kappa shape index (κ1) is 25.1. The molecule has 2 heterocycles. The van der Waals surface area contributed by atoms with Gasteiger partial charge in [-0.2, -0.15) is 0 Å². The molecule has 2 aliphatic rings. The van der Waals surface area contributed by atoms with E-state index in [1.54, 1.807) is 16.7 Å². The normalized spacial score (nSPS) is 19.1. The van der Waals surface area contributed by atoms with Gasteiger partial charge in [-0.1, -0.05) is 29.8 Å². The second-order valence-electron chi connectivity index (χ2n) is 8.17. The summed E-state index contributed by atoms with van der Waals surface area (Å²) in [6.07, 6.45) is 3.44. The first-order chi connectivity index (χ1) is 15.0. The minimum atomic E-state index is -0.586. The lowest BCUT2D eigenvalue weighted by Crippen LogP contribution is -2.44. The number of ether oxygens (including phenoxy) is 1. The maximum Gasteiger partial charge on any atom is 0.245 e. The molecule has 4 rings (SSSR count). The Morgan fingerprint density at radius 1 is 1.16 bits per heavy atom. The fourth-order valence-electron chi connectivity index (χ4n) is 4.04. The minimum absolute atomic E-state index is 0. The number of thioether (sulfide) groups is 1. The molecule has 0 saturated carbocycles. The molecule has 0 spiro atoms. The van der Waals surface area contributed by atoms with Crippen molar-refractivity contribution < 1.29 is 14.3 Å². The van der Waals surface area contributed by atoms with Gasteiger partial charge in [-0.15, -0.1) is 24.2 Å². The van der Waals surface area contributed by atoms with Crippen LogP contribution in [-0.4, -0.2) is 36.7 Å². The molecule has 1 saturated heterocycles. The Bertz CT molecular complexity index is 949. The SMILES string of the molecule is Cl.N[C@H]1CSc2ccc(C(=O)CCC3CCOCC3)cc2N(Cc2ccc(Cl)cc2)C1=O. The van der Waals surface area contributed by atoms with E-state index in [-0.39, 0.29) is 24.1 Å². The van der Waals surface area contributed by atoms with Crippen LogP contribution in [0.15, 0.2) is 47.4 Å². The number of nitrogens with two attached hydrogens (primary N) is 1. The molecule has 0 unspecified atom stereocenters. The molecule has 2 aromatic carbocycles. The third kappa shape index (κ3) is 6.06. The average molecular weight is 495 g/mol. The van der Waals surface area contributed by atoms with Crippen molar-refractivity contribution >= 4 is 53.1 Å². The summed E-state index contributed by atoms with van der Waals surface area (Å²) in [5.74, 6) is 1.05. The number of ketones is 1. The van der Waals surface area contributed by atoms with E-state index in [1.165, 1.54) is 0 Å². The summed E-state index contributed by atoms with van der Waals surface area (Å²) in [5.41, 5.74) is 8.51. The third-order valence-corrected chi connectivity index (χ3v) is 7.38. The van der Waals surface area contributed by atoms with Crippen LogP contribution in [0, 0.1) is 5.92 Å². The Labute approximate surface area is 204 Å². The summed E-state index contributed by atoms with van der Waals surface area (Å²) < 4.78 is 5.41. The highest BCUT2D eigenvalue weighted by Gasteiger charge is 2.29. The number of amides is 1. The van der Waals surface area contributed by atoms with E-state index in [0.29, 0.717) is 35.2 Å². The number of benzene rings is 2. The second-order valence-corrected chi connectivity index (χ2v) is 9.67. The Morgan fingerprint density at radius 2 is 1.88 bits per heavy atom. The van der Waals surface area contributed by atoms with Crippen molar-refractivity contribution in [3.05, 3.63) is 58.6 Å². The van der Waals surface area contributed by atoms with E-state index in [0.717, 1.165) is 48.6 Å². The predicted molar refractivity (Wildman–Crippen MR) is 132 cm³/mol. The lowest BCUT2D eigenvalue weighted by molar-refractivity contribution is -0.119. The zero-order chi connectivity index (χ0) is 21.8. The Morgan fingerprint density at radius 3 is 2.59 bits per heavy atom. The summed E-state index contributed by atoms with van der Waals surface area (Å²) in [7, 11) is 0. The van der Waals surface area contributed by atoms with Crippen LogP contribution >= 0.6 is 35.8 Å². The van der Waals surface area contributed by atoms with Gasteiger partial charge in [0.25, 0.3) is 0 Å². The fraction of sp³-hybridized carbons (Fsp3) is 0.417. The number of halogens is 2. The summed E-state index contributed by atoms with van der Waals surface area (Å²) in [5, 5.41) is 0.649. The van der Waals surface area contributed by atoms with Gasteiger partial charge >= 0.3 is 0 Å². The largest absolute Gasteiger partial charge is 0.381 e. The summed E-state index contributed by atoms with van der Waals surface area (Å²) in [4.78, 5) is 28.7. The van der Waals surface area contributed by atoms with Gasteiger partial charge < -0.3 is 15.4 Å². The highest BCUT2D eigenvalue weighted by atomic mass is 35.5. The zero-order valence-electron chi connectivity index (χ0n) is 17.8. The number of carbonyl (C=O) groups is 2. The van der Waals surface area contributed by atoms with E-state index >= 15 is 0 Å². The molecule has 32 heavy (non-hydrogen) atoms. The van der Waals surface area contributed by atoms with Crippen molar-refractivity contribution in [2.45, 2.75) is 43.2 Å². The van der Waals surface area contributed by atoms with E-state index in [9.17, 15) is 9.59 Å². The summed E-state index contributed by atoms with van der Waals surface area (Å²) in [6.45, 7) is 1.96. The number of rotatable bonds is 6. The van der Waals surface area contributed by atoms with E-state index < -0.39 is 6.04 Å². The fourth-order valence-corrected chi connectivity index (χ4v) is 5.15. The van der Waals surface area contributed by atoms with Crippen LogP contribution in [0.1, 0.15) is 41.6 Å². The molecule has 172 valence electrons. The van der Waals surface area contributed by atoms with E-state index in [4.69, 9.17) is 22.1 Å². The molecular formula is C24H28Cl2N2O3S. The molecule has 0 bridgehead atoms. The molecular weight excluding hydrogens is 467 g/mol. The number of Topliss-reactive ketones (excluding diaryl/α,β-unsaturated/α-hetero) is 1. The van der Waals surface area contributed by atoms with Gasteiger partial charge in [-0.05, 0) is 55.0 Å². The zero-order valence-corrected chi connectivity index (χ0v) is 20.2. The molecule has 2 aliphatic heterocycles. The second kappa shape index (κ2) is 11.5. The van der Waals surface area contributed by atoms with Crippen LogP contribution in [0.2, 0.25) is 5.02 Å². The van der Waals surface area contributed by atoms with Gasteiger partial charge in [0.15, 0.2) is 5.78 Å². The Kier molecular flexibility index (Phi) is 9.03. The number of nitrogens with zero attached hydrogens (tertiary/aromatic N) is 1. The van der Waals surface area contributed by atoms with Crippen molar-refractivity contribution in [1.82, 2.24) is 0 Å². The monoisotopic (exact) mass is 494 g/mol. The van der Waals surface area contributed by atoms with Crippen molar-refractivity contribution in [1.29, 1.82) is 0 Å². The van der Waals surface area contributed by atoms with Gasteiger partial charge in [-0.3, -0.25) is 9.59 Å².